The van der Waals surface area contributed by atoms with E-state index in [1.807, 2.05) is 6.07 Å². The molecular weight excluding hydrogens is 370 g/mol. The van der Waals surface area contributed by atoms with Gasteiger partial charge in [0.25, 0.3) is 0 Å². The van der Waals surface area contributed by atoms with Gasteiger partial charge in [0.1, 0.15) is 10.3 Å². The first-order chi connectivity index (χ1) is 11.3. The summed E-state index contributed by atoms with van der Waals surface area (Å²) >= 11 is 6.70. The van der Waals surface area contributed by atoms with Crippen LogP contribution in [0.5, 0.6) is 0 Å². The molecule has 0 aliphatic carbocycles. The fourth-order valence-electron chi connectivity index (χ4n) is 2.06. The van der Waals surface area contributed by atoms with Crippen molar-refractivity contribution in [2.45, 2.75) is 11.1 Å². The third-order valence-corrected chi connectivity index (χ3v) is 6.32. The highest BCUT2D eigenvalue weighted by molar-refractivity contribution is 7.91. The lowest BCUT2D eigenvalue weighted by Gasteiger charge is -2.22. The van der Waals surface area contributed by atoms with E-state index < -0.39 is 10.0 Å². The maximum atomic E-state index is 12.1. The van der Waals surface area contributed by atoms with Crippen LogP contribution < -0.4 is 9.62 Å². The van der Waals surface area contributed by atoms with Crippen LogP contribution in [0.3, 0.4) is 0 Å². The lowest BCUT2D eigenvalue weighted by Crippen LogP contribution is -2.37. The van der Waals surface area contributed by atoms with Crippen LogP contribution >= 0.6 is 22.9 Å². The SMILES string of the molecule is CC(=O)N(CCNS(=O)(=O)c1ccc(Cl)s1)c1ccccc1C#N. The first-order valence-electron chi connectivity index (χ1n) is 6.87. The van der Waals surface area contributed by atoms with Gasteiger partial charge in [-0.05, 0) is 24.3 Å². The van der Waals surface area contributed by atoms with Gasteiger partial charge in [-0.3, -0.25) is 4.79 Å². The number of benzene rings is 1. The molecule has 0 bridgehead atoms. The molecule has 9 heteroatoms. The summed E-state index contributed by atoms with van der Waals surface area (Å²) in [6, 6.07) is 11.6. The van der Waals surface area contributed by atoms with Crippen molar-refractivity contribution < 1.29 is 13.2 Å². The Balaban J connectivity index is 2.11. The van der Waals surface area contributed by atoms with Crippen molar-refractivity contribution in [3.63, 3.8) is 0 Å². The molecule has 2 rings (SSSR count). The molecule has 0 saturated heterocycles. The Morgan fingerprint density at radius 1 is 1.33 bits per heavy atom. The van der Waals surface area contributed by atoms with Crippen molar-refractivity contribution in [2.24, 2.45) is 0 Å². The zero-order valence-corrected chi connectivity index (χ0v) is 15.1. The van der Waals surface area contributed by atoms with Crippen LogP contribution in [0.1, 0.15) is 12.5 Å². The number of rotatable bonds is 6. The molecule has 0 fully saturated rings. The molecule has 1 aromatic heterocycles. The number of carbonyl (C=O) groups excluding carboxylic acids is 1. The molecule has 0 spiro atoms. The van der Waals surface area contributed by atoms with Crippen molar-refractivity contribution in [1.82, 2.24) is 4.72 Å². The van der Waals surface area contributed by atoms with E-state index in [0.717, 1.165) is 11.3 Å². The maximum Gasteiger partial charge on any atom is 0.250 e. The van der Waals surface area contributed by atoms with E-state index in [0.29, 0.717) is 15.6 Å². The molecule has 1 heterocycles. The van der Waals surface area contributed by atoms with Crippen molar-refractivity contribution in [1.29, 1.82) is 5.26 Å². The Morgan fingerprint density at radius 3 is 2.62 bits per heavy atom. The minimum absolute atomic E-state index is 0.0111. The predicted octanol–water partition coefficient (Wildman–Crippen LogP) is 2.60. The number of nitrogens with one attached hydrogen (secondary N) is 1. The highest BCUT2D eigenvalue weighted by atomic mass is 35.5. The van der Waals surface area contributed by atoms with Gasteiger partial charge in [0.15, 0.2) is 0 Å². The fraction of sp³-hybridized carbons (Fsp3) is 0.200. The van der Waals surface area contributed by atoms with Crippen LogP contribution in [0.4, 0.5) is 5.69 Å². The summed E-state index contributed by atoms with van der Waals surface area (Å²) in [6.07, 6.45) is 0. The van der Waals surface area contributed by atoms with Crippen molar-refractivity contribution >= 4 is 44.6 Å². The lowest BCUT2D eigenvalue weighted by atomic mass is 10.1. The summed E-state index contributed by atoms with van der Waals surface area (Å²) in [7, 11) is -3.68. The van der Waals surface area contributed by atoms with Crippen LogP contribution in [-0.2, 0) is 14.8 Å². The number of nitrogens with zero attached hydrogens (tertiary/aromatic N) is 2. The Kier molecular flexibility index (Phi) is 5.96. The predicted molar refractivity (Wildman–Crippen MR) is 93.7 cm³/mol. The zero-order valence-electron chi connectivity index (χ0n) is 12.7. The van der Waals surface area contributed by atoms with Crippen LogP contribution in [0, 0.1) is 11.3 Å². The molecule has 0 saturated carbocycles. The molecule has 0 atom stereocenters. The average Bonchev–Trinajstić information content (AvgIpc) is 2.99. The third-order valence-electron chi connectivity index (χ3n) is 3.14. The highest BCUT2D eigenvalue weighted by Crippen LogP contribution is 2.25. The van der Waals surface area contributed by atoms with Crippen LogP contribution in [0.2, 0.25) is 4.34 Å². The number of halogens is 1. The standard InChI is InChI=1S/C15H14ClN3O3S2/c1-11(20)19(13-5-3-2-4-12(13)10-17)9-8-18-24(21,22)15-7-6-14(16)23-15/h2-7,18H,8-9H2,1H3. The Labute approximate surface area is 149 Å². The van der Waals surface area contributed by atoms with Gasteiger partial charge in [-0.25, -0.2) is 13.1 Å². The van der Waals surface area contributed by atoms with Crippen molar-refractivity contribution in [3.05, 3.63) is 46.3 Å². The number of hydrogen-bond donors (Lipinski definition) is 1. The van der Waals surface area contributed by atoms with Crippen LogP contribution in [-0.4, -0.2) is 27.4 Å². The Morgan fingerprint density at radius 2 is 2.04 bits per heavy atom. The third kappa shape index (κ3) is 4.33. The normalized spacial score (nSPS) is 11.0. The first kappa shape index (κ1) is 18.4. The summed E-state index contributed by atoms with van der Waals surface area (Å²) in [5.41, 5.74) is 0.798. The second-order valence-electron chi connectivity index (χ2n) is 4.76. The van der Waals surface area contributed by atoms with Gasteiger partial charge in [-0.1, -0.05) is 23.7 Å². The summed E-state index contributed by atoms with van der Waals surface area (Å²) < 4.78 is 27.2. The first-order valence-corrected chi connectivity index (χ1v) is 9.55. The topological polar surface area (TPSA) is 90.3 Å². The van der Waals surface area contributed by atoms with Crippen LogP contribution in [0.15, 0.2) is 40.6 Å². The van der Waals surface area contributed by atoms with Crippen molar-refractivity contribution in [2.75, 3.05) is 18.0 Å². The van der Waals surface area contributed by atoms with E-state index >= 15 is 0 Å². The molecule has 0 unspecified atom stereocenters. The van der Waals surface area contributed by atoms with E-state index in [2.05, 4.69) is 4.72 Å². The van der Waals surface area contributed by atoms with E-state index in [-0.39, 0.29) is 23.2 Å². The molecular formula is C15H14ClN3O3S2. The number of carbonyl (C=O) groups is 1. The quantitative estimate of drug-likeness (QED) is 0.830. The number of anilines is 1. The van der Waals surface area contributed by atoms with E-state index in [4.69, 9.17) is 16.9 Å². The Hall–Kier alpha value is -1.92. The Bertz CT molecular complexity index is 887. The number of amides is 1. The van der Waals surface area contributed by atoms with Gasteiger partial charge >= 0.3 is 0 Å². The van der Waals surface area contributed by atoms with E-state index in [1.54, 1.807) is 24.3 Å². The van der Waals surface area contributed by atoms with Crippen LogP contribution in [0.25, 0.3) is 0 Å². The number of para-hydroxylation sites is 1. The second kappa shape index (κ2) is 7.77. The number of thiophene rings is 1. The van der Waals surface area contributed by atoms with Gasteiger partial charge in [-0.2, -0.15) is 5.26 Å². The molecule has 24 heavy (non-hydrogen) atoms. The average molecular weight is 384 g/mol. The molecule has 1 amide bonds. The van der Waals surface area contributed by atoms with E-state index in [9.17, 15) is 13.2 Å². The molecule has 0 radical (unpaired) electrons. The molecule has 6 nitrogen and oxygen atoms in total. The molecule has 0 aliphatic rings. The molecule has 0 aliphatic heterocycles. The second-order valence-corrected chi connectivity index (χ2v) is 8.46. The summed E-state index contributed by atoms with van der Waals surface area (Å²) in [5.74, 6) is -0.281. The lowest BCUT2D eigenvalue weighted by molar-refractivity contribution is -0.116. The summed E-state index contributed by atoms with van der Waals surface area (Å²) in [5, 5.41) is 9.14. The molecule has 2 aromatic rings. The zero-order chi connectivity index (χ0) is 17.7. The number of nitriles is 1. The summed E-state index contributed by atoms with van der Waals surface area (Å²) in [4.78, 5) is 13.2. The largest absolute Gasteiger partial charge is 0.310 e. The summed E-state index contributed by atoms with van der Waals surface area (Å²) in [6.45, 7) is 1.48. The van der Waals surface area contributed by atoms with Gasteiger partial charge in [-0.15, -0.1) is 11.3 Å². The molecule has 1 aromatic carbocycles. The number of hydrogen-bond acceptors (Lipinski definition) is 5. The van der Waals surface area contributed by atoms with E-state index in [1.165, 1.54) is 24.0 Å². The maximum absolute atomic E-state index is 12.1. The fourth-order valence-corrected chi connectivity index (χ4v) is 4.60. The monoisotopic (exact) mass is 383 g/mol. The minimum atomic E-state index is -3.68. The number of sulfonamides is 1. The van der Waals surface area contributed by atoms with Gasteiger partial charge in [0.05, 0.1) is 15.6 Å². The smallest absolute Gasteiger partial charge is 0.250 e. The molecule has 126 valence electrons. The minimum Gasteiger partial charge on any atom is -0.310 e. The van der Waals surface area contributed by atoms with Gasteiger partial charge in [0, 0.05) is 20.0 Å². The van der Waals surface area contributed by atoms with Crippen molar-refractivity contribution in [3.8, 4) is 6.07 Å². The van der Waals surface area contributed by atoms with Gasteiger partial charge in [0.2, 0.25) is 15.9 Å². The molecule has 1 N–H and O–H groups in total. The van der Waals surface area contributed by atoms with Gasteiger partial charge < -0.3 is 4.90 Å². The highest BCUT2D eigenvalue weighted by Gasteiger charge is 2.19.